The first-order valence-corrected chi connectivity index (χ1v) is 7.19. The molecule has 0 amide bonds. The Morgan fingerprint density at radius 3 is 2.00 bits per heavy atom. The van der Waals surface area contributed by atoms with E-state index in [4.69, 9.17) is 0 Å². The molecule has 5 heteroatoms. The van der Waals surface area contributed by atoms with Gasteiger partial charge < -0.3 is 4.67 Å². The summed E-state index contributed by atoms with van der Waals surface area (Å²) in [6, 6.07) is 9.98. The van der Waals surface area contributed by atoms with Crippen molar-refractivity contribution in [2.45, 2.75) is 0 Å². The highest BCUT2D eigenvalue weighted by Gasteiger charge is 2.50. The van der Waals surface area contributed by atoms with E-state index in [0.29, 0.717) is 0 Å². The van der Waals surface area contributed by atoms with Gasteiger partial charge in [0.25, 0.3) is 0 Å². The fourth-order valence-electron chi connectivity index (χ4n) is 1.96. The second-order valence-corrected chi connectivity index (χ2v) is 7.04. The Kier molecular flexibility index (Phi) is 2.32. The second kappa shape index (κ2) is 3.59. The van der Waals surface area contributed by atoms with Crippen LogP contribution in [-0.4, -0.2) is 42.6 Å². The van der Waals surface area contributed by atoms with Crippen LogP contribution < -0.4 is 4.67 Å². The summed E-state index contributed by atoms with van der Waals surface area (Å²) in [4.78, 5) is 0. The van der Waals surface area contributed by atoms with Gasteiger partial charge in [0.15, 0.2) is 0 Å². The lowest BCUT2D eigenvalue weighted by molar-refractivity contribution is 0.516. The molecular weight excluding hydrogens is 221 g/mol. The minimum atomic E-state index is -2.45. The average molecular weight is 237 g/mol. The van der Waals surface area contributed by atoms with Crippen LogP contribution in [0.4, 0.5) is 5.69 Å². The van der Waals surface area contributed by atoms with Crippen LogP contribution in [0.25, 0.3) is 0 Å². The fraction of sp³-hybridized carbons (Fsp3) is 0.455. The van der Waals surface area contributed by atoms with E-state index in [0.717, 1.165) is 31.9 Å². The smallest absolute Gasteiger partial charge is 0.302 e. The van der Waals surface area contributed by atoms with Gasteiger partial charge in [-0.1, -0.05) is 18.2 Å². The number of nitrogens with zero attached hydrogens (tertiary/aromatic N) is 3. The van der Waals surface area contributed by atoms with Crippen LogP contribution in [0.2, 0.25) is 0 Å². The Bertz CT molecular complexity index is 412. The second-order valence-electron chi connectivity index (χ2n) is 4.28. The molecule has 2 aliphatic heterocycles. The van der Waals surface area contributed by atoms with Gasteiger partial charge >= 0.3 is 7.59 Å². The van der Waals surface area contributed by atoms with E-state index in [9.17, 15) is 4.57 Å². The monoisotopic (exact) mass is 237 g/mol. The highest BCUT2D eigenvalue weighted by atomic mass is 31.2. The third kappa shape index (κ3) is 1.58. The van der Waals surface area contributed by atoms with Gasteiger partial charge in [0.05, 0.1) is 0 Å². The Balaban J connectivity index is 1.92. The van der Waals surface area contributed by atoms with E-state index < -0.39 is 7.59 Å². The molecule has 1 aromatic rings. The molecule has 0 unspecified atom stereocenters. The largest absolute Gasteiger partial charge is 0.311 e. The SMILES string of the molecule is CN(c1ccccc1)P(=O)(N1CC1)N1CC1. The summed E-state index contributed by atoms with van der Waals surface area (Å²) < 4.78 is 19.1. The number of hydrogen-bond donors (Lipinski definition) is 0. The van der Waals surface area contributed by atoms with Crippen molar-refractivity contribution >= 4 is 13.3 Å². The van der Waals surface area contributed by atoms with Gasteiger partial charge in [-0.3, -0.25) is 4.57 Å². The van der Waals surface area contributed by atoms with Gasteiger partial charge in [0.1, 0.15) is 0 Å². The van der Waals surface area contributed by atoms with Crippen molar-refractivity contribution in [3.63, 3.8) is 0 Å². The average Bonchev–Trinajstić information content (AvgIpc) is 3.20. The molecule has 0 radical (unpaired) electrons. The molecule has 0 atom stereocenters. The van der Waals surface area contributed by atoms with Gasteiger partial charge in [-0.2, -0.15) is 0 Å². The summed E-state index contributed by atoms with van der Waals surface area (Å²) >= 11 is 0. The summed E-state index contributed by atoms with van der Waals surface area (Å²) in [6.07, 6.45) is 0. The number of rotatable bonds is 4. The van der Waals surface area contributed by atoms with E-state index in [-0.39, 0.29) is 0 Å². The third-order valence-electron chi connectivity index (χ3n) is 3.10. The van der Waals surface area contributed by atoms with Crippen molar-refractivity contribution in [2.24, 2.45) is 0 Å². The quantitative estimate of drug-likeness (QED) is 0.590. The lowest BCUT2D eigenvalue weighted by Gasteiger charge is -2.31. The molecule has 0 aromatic heterocycles. The minimum absolute atomic E-state index is 0.963. The first-order chi connectivity index (χ1) is 7.73. The van der Waals surface area contributed by atoms with Gasteiger partial charge in [0.2, 0.25) is 0 Å². The van der Waals surface area contributed by atoms with Crippen LogP contribution >= 0.6 is 7.59 Å². The lowest BCUT2D eigenvalue weighted by Crippen LogP contribution is -2.23. The highest BCUT2D eigenvalue weighted by molar-refractivity contribution is 7.61. The van der Waals surface area contributed by atoms with Crippen molar-refractivity contribution < 1.29 is 4.57 Å². The third-order valence-corrected chi connectivity index (χ3v) is 6.39. The molecular formula is C11H16N3OP. The predicted octanol–water partition coefficient (Wildman–Crippen LogP) is 1.86. The zero-order chi connectivity index (χ0) is 11.2. The van der Waals surface area contributed by atoms with Gasteiger partial charge in [-0.25, -0.2) is 9.34 Å². The first kappa shape index (κ1) is 10.3. The normalized spacial score (nSPS) is 20.8. The molecule has 0 N–H and O–H groups in total. The van der Waals surface area contributed by atoms with Crippen LogP contribution in [0.3, 0.4) is 0 Å². The molecule has 16 heavy (non-hydrogen) atoms. The summed E-state index contributed by atoms with van der Waals surface area (Å²) in [6.45, 7) is 3.85. The molecule has 2 aliphatic rings. The van der Waals surface area contributed by atoms with Crippen molar-refractivity contribution in [3.05, 3.63) is 30.3 Å². The van der Waals surface area contributed by atoms with Gasteiger partial charge in [-0.05, 0) is 12.1 Å². The van der Waals surface area contributed by atoms with Crippen molar-refractivity contribution in [1.82, 2.24) is 9.34 Å². The topological polar surface area (TPSA) is 26.3 Å². The van der Waals surface area contributed by atoms with Gasteiger partial charge in [-0.15, -0.1) is 0 Å². The molecule has 1 aromatic carbocycles. The Morgan fingerprint density at radius 2 is 1.56 bits per heavy atom. The summed E-state index contributed by atoms with van der Waals surface area (Å²) in [5, 5.41) is 0. The number of anilines is 1. The van der Waals surface area contributed by atoms with Crippen LogP contribution in [0.1, 0.15) is 0 Å². The maximum absolute atomic E-state index is 13.0. The number of para-hydroxylation sites is 1. The molecule has 86 valence electrons. The Morgan fingerprint density at radius 1 is 1.06 bits per heavy atom. The fourth-order valence-corrected chi connectivity index (χ4v) is 4.73. The van der Waals surface area contributed by atoms with Crippen molar-refractivity contribution in [1.29, 1.82) is 0 Å². The van der Waals surface area contributed by atoms with Crippen LogP contribution in [0, 0.1) is 0 Å². The summed E-state index contributed by atoms with van der Waals surface area (Å²) in [5.41, 5.74) is 1.03. The van der Waals surface area contributed by atoms with E-state index in [2.05, 4.69) is 9.34 Å². The standard InChI is InChI=1S/C11H16N3OP/c1-12(11-5-3-2-4-6-11)16(15,13-7-8-13)14-9-10-14/h2-6H,7-10H2,1H3. The molecule has 0 saturated carbocycles. The van der Waals surface area contributed by atoms with Gasteiger partial charge in [0, 0.05) is 38.9 Å². The first-order valence-electron chi connectivity index (χ1n) is 5.63. The molecule has 2 saturated heterocycles. The van der Waals surface area contributed by atoms with Crippen molar-refractivity contribution in [2.75, 3.05) is 37.9 Å². The van der Waals surface area contributed by atoms with Crippen LogP contribution in [0.5, 0.6) is 0 Å². The van der Waals surface area contributed by atoms with Crippen LogP contribution in [0.15, 0.2) is 30.3 Å². The number of benzene rings is 1. The lowest BCUT2D eigenvalue weighted by atomic mass is 10.3. The number of hydrogen-bond acceptors (Lipinski definition) is 1. The van der Waals surface area contributed by atoms with Crippen LogP contribution in [-0.2, 0) is 4.57 Å². The molecule has 0 aliphatic carbocycles. The molecule has 4 nitrogen and oxygen atoms in total. The maximum atomic E-state index is 13.0. The molecule has 3 rings (SSSR count). The Labute approximate surface area is 96.0 Å². The summed E-state index contributed by atoms with van der Waals surface area (Å²) in [5.74, 6) is 0. The summed E-state index contributed by atoms with van der Waals surface area (Å²) in [7, 11) is -0.517. The molecule has 2 heterocycles. The zero-order valence-electron chi connectivity index (χ0n) is 9.41. The molecule has 0 bridgehead atoms. The van der Waals surface area contributed by atoms with E-state index in [1.807, 2.05) is 42.0 Å². The highest BCUT2D eigenvalue weighted by Crippen LogP contribution is 2.62. The Hall–Kier alpha value is -0.830. The predicted molar refractivity (Wildman–Crippen MR) is 65.6 cm³/mol. The minimum Gasteiger partial charge on any atom is -0.302 e. The van der Waals surface area contributed by atoms with E-state index in [1.54, 1.807) is 0 Å². The molecule has 2 fully saturated rings. The zero-order valence-corrected chi connectivity index (χ0v) is 10.3. The van der Waals surface area contributed by atoms with E-state index >= 15 is 0 Å². The molecule has 0 spiro atoms. The van der Waals surface area contributed by atoms with Crippen molar-refractivity contribution in [3.8, 4) is 0 Å². The van der Waals surface area contributed by atoms with E-state index in [1.165, 1.54) is 0 Å². The maximum Gasteiger partial charge on any atom is 0.311 e.